The monoisotopic (exact) mass is 297 g/mol. The van der Waals surface area contributed by atoms with Crippen molar-refractivity contribution < 1.29 is 13.2 Å². The Morgan fingerprint density at radius 1 is 0.455 bits per heavy atom. The van der Waals surface area contributed by atoms with Gasteiger partial charge in [0, 0.05) is 16.7 Å². The fourth-order valence-corrected chi connectivity index (χ4v) is 2.43. The van der Waals surface area contributed by atoms with Gasteiger partial charge in [0.2, 0.25) is 0 Å². The van der Waals surface area contributed by atoms with Crippen LogP contribution in [0, 0.1) is 23.4 Å². The van der Waals surface area contributed by atoms with Crippen molar-refractivity contribution >= 4 is 0 Å². The first-order valence-electron chi connectivity index (χ1n) is 6.80. The van der Waals surface area contributed by atoms with Gasteiger partial charge in [-0.15, -0.1) is 0 Å². The van der Waals surface area contributed by atoms with Gasteiger partial charge in [0.05, 0.1) is 5.92 Å². The highest BCUT2D eigenvalue weighted by atomic mass is 19.1. The molecule has 0 aliphatic carbocycles. The zero-order valence-corrected chi connectivity index (χ0v) is 11.6. The number of benzene rings is 3. The van der Waals surface area contributed by atoms with Crippen LogP contribution in [-0.4, -0.2) is 0 Å². The number of hydrogen-bond donors (Lipinski definition) is 0. The molecule has 3 rings (SSSR count). The Kier molecular flexibility index (Phi) is 3.96. The number of rotatable bonds is 3. The zero-order chi connectivity index (χ0) is 15.5. The van der Waals surface area contributed by atoms with Crippen LogP contribution < -0.4 is 0 Å². The first-order valence-corrected chi connectivity index (χ1v) is 6.80. The predicted octanol–water partition coefficient (Wildman–Crippen LogP) is 5.12. The highest BCUT2D eigenvalue weighted by Gasteiger charge is 2.25. The van der Waals surface area contributed by atoms with E-state index in [-0.39, 0.29) is 22.6 Å². The summed E-state index contributed by atoms with van der Waals surface area (Å²) in [6, 6.07) is 17.9. The van der Waals surface area contributed by atoms with Crippen LogP contribution in [0.5, 0.6) is 0 Å². The summed E-state index contributed by atoms with van der Waals surface area (Å²) in [7, 11) is 0. The molecule has 0 N–H and O–H groups in total. The summed E-state index contributed by atoms with van der Waals surface area (Å²) in [6.45, 7) is 0. The Hall–Kier alpha value is -2.55. The Morgan fingerprint density at radius 2 is 0.727 bits per heavy atom. The highest BCUT2D eigenvalue weighted by molar-refractivity contribution is 5.58. The predicted molar refractivity (Wildman–Crippen MR) is 79.7 cm³/mol. The molecule has 0 saturated carbocycles. The second kappa shape index (κ2) is 6.06. The first kappa shape index (κ1) is 14.4. The minimum atomic E-state index is -0.524. The van der Waals surface area contributed by atoms with Crippen molar-refractivity contribution in [2.75, 3.05) is 0 Å². The van der Waals surface area contributed by atoms with Crippen molar-refractivity contribution in [2.24, 2.45) is 0 Å². The lowest BCUT2D eigenvalue weighted by atomic mass is 9.84. The summed E-state index contributed by atoms with van der Waals surface area (Å²) in [5.74, 6) is -1.37. The molecule has 22 heavy (non-hydrogen) atoms. The minimum absolute atomic E-state index is 0.165. The lowest BCUT2D eigenvalue weighted by Crippen LogP contribution is -2.10. The molecule has 0 aromatic heterocycles. The molecular formula is C19H12F3. The first-order chi connectivity index (χ1) is 10.7. The summed E-state index contributed by atoms with van der Waals surface area (Å²) < 4.78 is 42.6. The van der Waals surface area contributed by atoms with E-state index in [0.29, 0.717) is 0 Å². The summed E-state index contributed by atoms with van der Waals surface area (Å²) in [5.41, 5.74) is 0.494. The van der Waals surface area contributed by atoms with Gasteiger partial charge in [-0.25, -0.2) is 13.2 Å². The van der Waals surface area contributed by atoms with Crippen molar-refractivity contribution in [1.29, 1.82) is 0 Å². The third kappa shape index (κ3) is 2.62. The Bertz CT molecular complexity index is 688. The third-order valence-corrected chi connectivity index (χ3v) is 3.43. The maximum Gasteiger partial charge on any atom is 0.127 e. The Morgan fingerprint density at radius 3 is 1.00 bits per heavy atom. The van der Waals surface area contributed by atoms with Crippen LogP contribution in [0.2, 0.25) is 0 Å². The molecule has 0 bridgehead atoms. The van der Waals surface area contributed by atoms with Gasteiger partial charge in [-0.05, 0) is 18.2 Å². The largest absolute Gasteiger partial charge is 0.207 e. The van der Waals surface area contributed by atoms with Gasteiger partial charge in [0.25, 0.3) is 0 Å². The molecule has 0 unspecified atom stereocenters. The number of hydrogen-bond acceptors (Lipinski definition) is 0. The molecule has 1 radical (unpaired) electrons. The van der Waals surface area contributed by atoms with Gasteiger partial charge in [0.1, 0.15) is 17.5 Å². The topological polar surface area (TPSA) is 0 Å². The van der Waals surface area contributed by atoms with Crippen LogP contribution >= 0.6 is 0 Å². The standard InChI is InChI=1S/C19H12F3/c20-16-10-4-1-7-13(16)19(14-8-2-5-11-17(14)21)15-9-3-6-12-18(15)22/h1-12H. The summed E-state index contributed by atoms with van der Waals surface area (Å²) in [5, 5.41) is 0. The third-order valence-electron chi connectivity index (χ3n) is 3.43. The second-order valence-corrected chi connectivity index (χ2v) is 4.81. The maximum atomic E-state index is 14.2. The molecular weight excluding hydrogens is 285 g/mol. The van der Waals surface area contributed by atoms with E-state index < -0.39 is 17.5 Å². The van der Waals surface area contributed by atoms with Crippen molar-refractivity contribution in [3.63, 3.8) is 0 Å². The van der Waals surface area contributed by atoms with Gasteiger partial charge < -0.3 is 0 Å². The molecule has 3 aromatic rings. The molecule has 0 aliphatic heterocycles. The van der Waals surface area contributed by atoms with Gasteiger partial charge >= 0.3 is 0 Å². The molecule has 0 aliphatic rings. The quantitative estimate of drug-likeness (QED) is 0.588. The molecule has 0 fully saturated rings. The molecule has 0 heterocycles. The van der Waals surface area contributed by atoms with E-state index in [1.54, 1.807) is 36.4 Å². The van der Waals surface area contributed by atoms with E-state index >= 15 is 0 Å². The molecule has 0 nitrogen and oxygen atoms in total. The molecule has 3 heteroatoms. The lowest BCUT2D eigenvalue weighted by molar-refractivity contribution is 0.595. The average molecular weight is 297 g/mol. The lowest BCUT2D eigenvalue weighted by Gasteiger charge is -2.19. The average Bonchev–Trinajstić information content (AvgIpc) is 2.53. The van der Waals surface area contributed by atoms with Crippen molar-refractivity contribution in [3.05, 3.63) is 113 Å². The van der Waals surface area contributed by atoms with Gasteiger partial charge in [0.15, 0.2) is 0 Å². The fraction of sp³-hybridized carbons (Fsp3) is 0. The molecule has 0 amide bonds. The summed E-state index contributed by atoms with van der Waals surface area (Å²) in [4.78, 5) is 0. The summed E-state index contributed by atoms with van der Waals surface area (Å²) in [6.07, 6.45) is 0. The van der Waals surface area contributed by atoms with Crippen molar-refractivity contribution in [2.45, 2.75) is 0 Å². The van der Waals surface area contributed by atoms with Crippen molar-refractivity contribution in [1.82, 2.24) is 0 Å². The Balaban J connectivity index is 2.27. The zero-order valence-electron chi connectivity index (χ0n) is 11.6. The van der Waals surface area contributed by atoms with Crippen molar-refractivity contribution in [3.8, 4) is 0 Å². The molecule has 0 spiro atoms. The van der Waals surface area contributed by atoms with Crippen LogP contribution in [0.15, 0.2) is 72.8 Å². The van der Waals surface area contributed by atoms with Gasteiger partial charge in [-0.1, -0.05) is 54.6 Å². The smallest absolute Gasteiger partial charge is 0.127 e. The van der Waals surface area contributed by atoms with E-state index in [1.807, 2.05) is 0 Å². The molecule has 0 atom stereocenters. The number of halogens is 3. The Labute approximate surface area is 126 Å². The van der Waals surface area contributed by atoms with Crippen LogP contribution in [-0.2, 0) is 0 Å². The van der Waals surface area contributed by atoms with E-state index in [1.165, 1.54) is 36.4 Å². The SMILES string of the molecule is Fc1ccccc1[C](c1ccccc1F)c1ccccc1F. The van der Waals surface area contributed by atoms with Crippen LogP contribution in [0.1, 0.15) is 16.7 Å². The van der Waals surface area contributed by atoms with E-state index in [2.05, 4.69) is 0 Å². The maximum absolute atomic E-state index is 14.2. The molecule has 109 valence electrons. The van der Waals surface area contributed by atoms with E-state index in [0.717, 1.165) is 0 Å². The van der Waals surface area contributed by atoms with E-state index in [4.69, 9.17) is 0 Å². The highest BCUT2D eigenvalue weighted by Crippen LogP contribution is 2.34. The summed E-state index contributed by atoms with van der Waals surface area (Å²) >= 11 is 0. The minimum Gasteiger partial charge on any atom is -0.207 e. The molecule has 0 saturated heterocycles. The van der Waals surface area contributed by atoms with Crippen LogP contribution in [0.4, 0.5) is 13.2 Å². The van der Waals surface area contributed by atoms with Gasteiger partial charge in [-0.3, -0.25) is 0 Å². The van der Waals surface area contributed by atoms with E-state index in [9.17, 15) is 13.2 Å². The van der Waals surface area contributed by atoms with Crippen LogP contribution in [0.3, 0.4) is 0 Å². The normalized spacial score (nSPS) is 10.9. The second-order valence-electron chi connectivity index (χ2n) is 4.81. The van der Waals surface area contributed by atoms with Gasteiger partial charge in [-0.2, -0.15) is 0 Å². The molecule has 3 aromatic carbocycles. The fourth-order valence-electron chi connectivity index (χ4n) is 2.43. The van der Waals surface area contributed by atoms with Crippen LogP contribution in [0.25, 0.3) is 0 Å².